The molecule has 0 atom stereocenters. The molecule has 2 heterocycles. The Hall–Kier alpha value is -3.05. The summed E-state index contributed by atoms with van der Waals surface area (Å²) in [6.45, 7) is 0.109. The first-order chi connectivity index (χ1) is 15.2. The van der Waals surface area contributed by atoms with E-state index in [4.69, 9.17) is 21.7 Å². The van der Waals surface area contributed by atoms with Crippen molar-refractivity contribution in [2.24, 2.45) is 0 Å². The lowest BCUT2D eigenvalue weighted by Crippen LogP contribution is -2.37. The van der Waals surface area contributed by atoms with Crippen molar-refractivity contribution in [3.05, 3.63) is 64.1 Å². The van der Waals surface area contributed by atoms with E-state index in [1.807, 2.05) is 0 Å². The molecular weight excluding hydrogens is 465 g/mol. The maximum atomic E-state index is 13.1. The zero-order valence-corrected chi connectivity index (χ0v) is 17.9. The van der Waals surface area contributed by atoms with Crippen LogP contribution in [0.2, 0.25) is 0 Å². The molecule has 1 N–H and O–H groups in total. The highest BCUT2D eigenvalue weighted by atomic mass is 32.2. The molecule has 4 rings (SSSR count). The zero-order valence-electron chi connectivity index (χ0n) is 16.3. The first-order valence-electron chi connectivity index (χ1n) is 9.33. The van der Waals surface area contributed by atoms with Gasteiger partial charge in [-0.05, 0) is 35.9 Å². The van der Waals surface area contributed by atoms with Crippen LogP contribution in [0.25, 0.3) is 6.08 Å². The van der Waals surface area contributed by atoms with Gasteiger partial charge in [-0.25, -0.2) is 0 Å². The van der Waals surface area contributed by atoms with Crippen LogP contribution in [0.5, 0.6) is 11.5 Å². The second-order valence-corrected chi connectivity index (χ2v) is 8.42. The maximum absolute atomic E-state index is 13.1. The fourth-order valence-electron chi connectivity index (χ4n) is 3.15. The van der Waals surface area contributed by atoms with Gasteiger partial charge in [-0.15, -0.1) is 0 Å². The molecule has 2 aliphatic rings. The minimum atomic E-state index is -4.65. The number of rotatable bonds is 5. The van der Waals surface area contributed by atoms with Crippen LogP contribution >= 0.6 is 24.0 Å². The summed E-state index contributed by atoms with van der Waals surface area (Å²) in [7, 11) is 0. The summed E-state index contributed by atoms with van der Waals surface area (Å²) in [5.41, 5.74) is -0.769. The second-order valence-electron chi connectivity index (χ2n) is 6.75. The molecule has 0 aromatic heterocycles. The van der Waals surface area contributed by atoms with Gasteiger partial charge in [-0.3, -0.25) is 14.5 Å². The molecule has 2 aromatic rings. The normalized spacial score (nSPS) is 16.7. The van der Waals surface area contributed by atoms with Gasteiger partial charge in [0.25, 0.3) is 11.8 Å². The molecule has 0 radical (unpaired) electrons. The van der Waals surface area contributed by atoms with Gasteiger partial charge in [0.05, 0.1) is 16.0 Å². The number of hydrogen-bond acceptors (Lipinski definition) is 6. The Morgan fingerprint density at radius 3 is 2.72 bits per heavy atom. The molecule has 6 nitrogen and oxygen atoms in total. The van der Waals surface area contributed by atoms with Gasteiger partial charge in [0.15, 0.2) is 11.5 Å². The van der Waals surface area contributed by atoms with Crippen molar-refractivity contribution in [3.8, 4) is 11.5 Å². The fraction of sp³-hybridized carbons (Fsp3) is 0.190. The first kappa shape index (κ1) is 22.2. The Bertz CT molecular complexity index is 1130. The highest BCUT2D eigenvalue weighted by Crippen LogP contribution is 2.36. The van der Waals surface area contributed by atoms with E-state index in [1.54, 1.807) is 24.3 Å². The van der Waals surface area contributed by atoms with E-state index in [0.29, 0.717) is 20.7 Å². The average Bonchev–Trinajstić information content (AvgIpc) is 3.32. The third-order valence-electron chi connectivity index (χ3n) is 4.67. The smallest absolute Gasteiger partial charge is 0.417 e. The van der Waals surface area contributed by atoms with E-state index in [0.717, 1.165) is 29.5 Å². The van der Waals surface area contributed by atoms with Gasteiger partial charge in [0.2, 0.25) is 6.79 Å². The number of nitrogens with zero attached hydrogens (tertiary/aromatic N) is 1. The summed E-state index contributed by atoms with van der Waals surface area (Å²) in [5.74, 6) is -0.0181. The largest absolute Gasteiger partial charge is 0.454 e. The van der Waals surface area contributed by atoms with Gasteiger partial charge in [0.1, 0.15) is 4.32 Å². The summed E-state index contributed by atoms with van der Waals surface area (Å²) in [6.07, 6.45) is -2.98. The van der Waals surface area contributed by atoms with Crippen molar-refractivity contribution >= 4 is 46.2 Å². The molecule has 0 spiro atoms. The minimum Gasteiger partial charge on any atom is -0.454 e. The highest BCUT2D eigenvalue weighted by Gasteiger charge is 2.35. The number of halogens is 3. The Labute approximate surface area is 190 Å². The molecule has 2 amide bonds. The Morgan fingerprint density at radius 1 is 1.19 bits per heavy atom. The number of benzene rings is 2. The van der Waals surface area contributed by atoms with E-state index in [9.17, 15) is 22.8 Å². The zero-order chi connectivity index (χ0) is 22.9. The summed E-state index contributed by atoms with van der Waals surface area (Å²) in [6, 6.07) is 9.78. The Balaban J connectivity index is 1.39. The number of carbonyl (C=O) groups is 2. The van der Waals surface area contributed by atoms with E-state index in [-0.39, 0.29) is 25.8 Å². The molecule has 0 unspecified atom stereocenters. The fourth-order valence-corrected chi connectivity index (χ4v) is 4.46. The highest BCUT2D eigenvalue weighted by molar-refractivity contribution is 8.26. The summed E-state index contributed by atoms with van der Waals surface area (Å²) < 4.78 is 50.2. The topological polar surface area (TPSA) is 67.9 Å². The van der Waals surface area contributed by atoms with Crippen LogP contribution in [-0.4, -0.2) is 40.9 Å². The molecule has 0 saturated carbocycles. The number of thioether (sulfide) groups is 1. The van der Waals surface area contributed by atoms with Gasteiger partial charge in [-0.2, -0.15) is 13.2 Å². The molecule has 11 heteroatoms. The van der Waals surface area contributed by atoms with E-state index < -0.39 is 23.2 Å². The number of amides is 2. The first-order valence-corrected chi connectivity index (χ1v) is 10.6. The predicted octanol–water partition coefficient (Wildman–Crippen LogP) is 4.07. The monoisotopic (exact) mass is 480 g/mol. The van der Waals surface area contributed by atoms with Crippen LogP contribution in [0.4, 0.5) is 13.2 Å². The number of thiocarbonyl (C=S) groups is 1. The van der Waals surface area contributed by atoms with Crippen LogP contribution in [0.3, 0.4) is 0 Å². The number of fused-ring (bicyclic) bond motifs is 1. The summed E-state index contributed by atoms with van der Waals surface area (Å²) in [5, 5.41) is 2.42. The number of alkyl halides is 3. The molecule has 0 bridgehead atoms. The maximum Gasteiger partial charge on any atom is 0.417 e. The van der Waals surface area contributed by atoms with Gasteiger partial charge in [-0.1, -0.05) is 42.2 Å². The SMILES string of the molecule is O=C(NCCN1C(=O)/C(=C/c2ccc3c(c2)OCO3)SC1=S)c1ccccc1C(F)(F)F. The number of carbonyl (C=O) groups excluding carboxylic acids is 2. The van der Waals surface area contributed by atoms with Crippen LogP contribution < -0.4 is 14.8 Å². The average molecular weight is 480 g/mol. The van der Waals surface area contributed by atoms with Crippen molar-refractivity contribution in [1.82, 2.24) is 10.2 Å². The molecule has 0 aliphatic carbocycles. The van der Waals surface area contributed by atoms with Crippen molar-refractivity contribution in [3.63, 3.8) is 0 Å². The number of nitrogens with one attached hydrogen (secondary N) is 1. The van der Waals surface area contributed by atoms with E-state index in [2.05, 4.69) is 5.32 Å². The van der Waals surface area contributed by atoms with Crippen molar-refractivity contribution in [2.75, 3.05) is 19.9 Å². The van der Waals surface area contributed by atoms with Gasteiger partial charge in [0, 0.05) is 13.1 Å². The van der Waals surface area contributed by atoms with Crippen LogP contribution in [0.15, 0.2) is 47.4 Å². The van der Waals surface area contributed by atoms with Crippen molar-refractivity contribution < 1.29 is 32.2 Å². The van der Waals surface area contributed by atoms with Crippen LogP contribution in [0, 0.1) is 0 Å². The summed E-state index contributed by atoms with van der Waals surface area (Å²) >= 11 is 6.36. The second kappa shape index (κ2) is 8.83. The number of ether oxygens (including phenoxy) is 2. The third kappa shape index (κ3) is 4.58. The standard InChI is InChI=1S/C21H15F3N2O4S2/c22-21(23,24)14-4-2-1-3-13(14)18(27)25-7-8-26-19(28)17(32-20(26)31)10-12-5-6-15-16(9-12)30-11-29-15/h1-6,9-10H,7-8,11H2,(H,25,27)/b17-10-. The van der Waals surface area contributed by atoms with Crippen LogP contribution in [-0.2, 0) is 11.0 Å². The molecular formula is C21H15F3N2O4S2. The molecule has 1 fully saturated rings. The van der Waals surface area contributed by atoms with E-state index >= 15 is 0 Å². The number of hydrogen-bond donors (Lipinski definition) is 1. The lowest BCUT2D eigenvalue weighted by Gasteiger charge is -2.16. The molecule has 1 saturated heterocycles. The van der Waals surface area contributed by atoms with Crippen molar-refractivity contribution in [1.29, 1.82) is 0 Å². The molecule has 166 valence electrons. The van der Waals surface area contributed by atoms with Crippen LogP contribution in [0.1, 0.15) is 21.5 Å². The quantitative estimate of drug-likeness (QED) is 0.514. The lowest BCUT2D eigenvalue weighted by atomic mass is 10.1. The Kier molecular flexibility index (Phi) is 6.11. The third-order valence-corrected chi connectivity index (χ3v) is 6.04. The Morgan fingerprint density at radius 2 is 1.94 bits per heavy atom. The molecule has 2 aliphatic heterocycles. The van der Waals surface area contributed by atoms with E-state index in [1.165, 1.54) is 17.0 Å². The van der Waals surface area contributed by atoms with Crippen molar-refractivity contribution in [2.45, 2.75) is 6.18 Å². The minimum absolute atomic E-state index is 0.0308. The molecule has 32 heavy (non-hydrogen) atoms. The lowest BCUT2D eigenvalue weighted by molar-refractivity contribution is -0.138. The molecule has 2 aromatic carbocycles. The van der Waals surface area contributed by atoms with Gasteiger partial charge < -0.3 is 14.8 Å². The predicted molar refractivity (Wildman–Crippen MR) is 116 cm³/mol. The summed E-state index contributed by atoms with van der Waals surface area (Å²) in [4.78, 5) is 26.7. The van der Waals surface area contributed by atoms with Gasteiger partial charge >= 0.3 is 6.18 Å².